The number of fused-ring (bicyclic) bond motifs is 1. The number of carbonyl (C=O) groups excluding carboxylic acids is 1. The van der Waals surface area contributed by atoms with E-state index in [1.165, 1.54) is 18.2 Å². The van der Waals surface area contributed by atoms with Gasteiger partial charge in [0.15, 0.2) is 5.78 Å². The first kappa shape index (κ1) is 16.4. The molecule has 0 saturated heterocycles. The van der Waals surface area contributed by atoms with Gasteiger partial charge in [-0.15, -0.1) is 13.2 Å². The van der Waals surface area contributed by atoms with E-state index in [-0.39, 0.29) is 23.5 Å². The van der Waals surface area contributed by atoms with Gasteiger partial charge in [-0.25, -0.2) is 0 Å². The van der Waals surface area contributed by atoms with E-state index in [9.17, 15) is 18.0 Å². The summed E-state index contributed by atoms with van der Waals surface area (Å²) in [6, 6.07) is 10.6. The Hall–Kier alpha value is -2.50. The SMILES string of the molecule is CC1(C)CC(=O)c2ccc(-c3ccccc3OC(F)(F)F)cc2O1. The first-order valence-corrected chi connectivity index (χ1v) is 7.36. The Labute approximate surface area is 137 Å². The summed E-state index contributed by atoms with van der Waals surface area (Å²) in [6.45, 7) is 3.59. The fourth-order valence-corrected chi connectivity index (χ4v) is 2.74. The maximum atomic E-state index is 12.6. The number of hydrogen-bond donors (Lipinski definition) is 0. The monoisotopic (exact) mass is 336 g/mol. The highest BCUT2D eigenvalue weighted by Gasteiger charge is 2.34. The molecule has 0 aromatic heterocycles. The van der Waals surface area contributed by atoms with Crippen LogP contribution in [0.3, 0.4) is 0 Å². The first-order valence-electron chi connectivity index (χ1n) is 7.36. The second-order valence-electron chi connectivity index (χ2n) is 6.22. The third-order valence-electron chi connectivity index (χ3n) is 3.68. The van der Waals surface area contributed by atoms with E-state index in [0.717, 1.165) is 0 Å². The molecule has 1 aliphatic rings. The van der Waals surface area contributed by atoms with Crippen molar-refractivity contribution in [3.05, 3.63) is 48.0 Å². The highest BCUT2D eigenvalue weighted by Crippen LogP contribution is 2.39. The van der Waals surface area contributed by atoms with Gasteiger partial charge in [-0.2, -0.15) is 0 Å². The van der Waals surface area contributed by atoms with E-state index in [4.69, 9.17) is 4.74 Å². The molecule has 3 rings (SSSR count). The standard InChI is InChI=1S/C18H15F3O3/c1-17(2)10-14(22)13-8-7-11(9-16(13)23-17)12-5-3-4-6-15(12)24-18(19,20)21/h3-9H,10H2,1-2H3. The lowest BCUT2D eigenvalue weighted by Crippen LogP contribution is -2.35. The highest BCUT2D eigenvalue weighted by molar-refractivity contribution is 6.01. The average Bonchev–Trinajstić information content (AvgIpc) is 2.44. The van der Waals surface area contributed by atoms with Crippen molar-refractivity contribution in [1.82, 2.24) is 0 Å². The van der Waals surface area contributed by atoms with Crippen LogP contribution in [0.15, 0.2) is 42.5 Å². The number of halogens is 3. The maximum absolute atomic E-state index is 12.6. The summed E-state index contributed by atoms with van der Waals surface area (Å²) in [5, 5.41) is 0. The second kappa shape index (κ2) is 5.54. The quantitative estimate of drug-likeness (QED) is 0.774. The molecule has 2 aromatic rings. The zero-order chi connectivity index (χ0) is 17.5. The van der Waals surface area contributed by atoms with Gasteiger partial charge in [0.1, 0.15) is 17.1 Å². The minimum absolute atomic E-state index is 0.0485. The molecule has 0 spiro atoms. The lowest BCUT2D eigenvalue weighted by molar-refractivity contribution is -0.274. The molecule has 2 aromatic carbocycles. The fraction of sp³-hybridized carbons (Fsp3) is 0.278. The van der Waals surface area contributed by atoms with Gasteiger partial charge < -0.3 is 9.47 Å². The molecule has 0 fully saturated rings. The number of Topliss-reactive ketones (excluding diaryl/α,β-unsaturated/α-hetero) is 1. The van der Waals surface area contributed by atoms with Crippen LogP contribution in [0.5, 0.6) is 11.5 Å². The van der Waals surface area contributed by atoms with Crippen LogP contribution in [-0.2, 0) is 0 Å². The Morgan fingerprint density at radius 3 is 2.50 bits per heavy atom. The van der Waals surface area contributed by atoms with Gasteiger partial charge in [-0.3, -0.25) is 4.79 Å². The van der Waals surface area contributed by atoms with Crippen molar-refractivity contribution in [1.29, 1.82) is 0 Å². The molecule has 0 radical (unpaired) electrons. The van der Waals surface area contributed by atoms with Crippen LogP contribution in [0.1, 0.15) is 30.6 Å². The van der Waals surface area contributed by atoms with Gasteiger partial charge in [-0.1, -0.05) is 24.3 Å². The molecule has 0 saturated carbocycles. The Balaban J connectivity index is 2.05. The molecule has 6 heteroatoms. The van der Waals surface area contributed by atoms with Crippen molar-refractivity contribution in [3.8, 4) is 22.6 Å². The smallest absolute Gasteiger partial charge is 0.487 e. The van der Waals surface area contributed by atoms with Gasteiger partial charge in [0.2, 0.25) is 0 Å². The molecule has 3 nitrogen and oxygen atoms in total. The van der Waals surface area contributed by atoms with E-state index in [0.29, 0.717) is 16.9 Å². The number of alkyl halides is 3. The Morgan fingerprint density at radius 1 is 1.08 bits per heavy atom. The van der Waals surface area contributed by atoms with Crippen LogP contribution in [-0.4, -0.2) is 17.7 Å². The number of ketones is 1. The molecule has 0 bridgehead atoms. The molecule has 0 atom stereocenters. The fourth-order valence-electron chi connectivity index (χ4n) is 2.74. The molecule has 0 aliphatic carbocycles. The van der Waals surface area contributed by atoms with Crippen LogP contribution < -0.4 is 9.47 Å². The summed E-state index contributed by atoms with van der Waals surface area (Å²) in [5.74, 6) is 0.0227. The predicted octanol–water partition coefficient (Wildman–Crippen LogP) is 5.00. The molecule has 0 N–H and O–H groups in total. The minimum atomic E-state index is -4.78. The zero-order valence-corrected chi connectivity index (χ0v) is 13.1. The number of benzene rings is 2. The number of para-hydroxylation sites is 1. The summed E-state index contributed by atoms with van der Waals surface area (Å²) >= 11 is 0. The average molecular weight is 336 g/mol. The van der Waals surface area contributed by atoms with E-state index in [1.54, 1.807) is 38.1 Å². The first-order chi connectivity index (χ1) is 11.1. The zero-order valence-electron chi connectivity index (χ0n) is 13.1. The molecule has 0 unspecified atom stereocenters. The predicted molar refractivity (Wildman–Crippen MR) is 82.2 cm³/mol. The van der Waals surface area contributed by atoms with Crippen LogP contribution in [0, 0.1) is 0 Å². The van der Waals surface area contributed by atoms with Crippen molar-refractivity contribution in [2.45, 2.75) is 32.2 Å². The number of rotatable bonds is 2. The van der Waals surface area contributed by atoms with Gasteiger partial charge >= 0.3 is 6.36 Å². The summed E-state index contributed by atoms with van der Waals surface area (Å²) in [5.41, 5.74) is 0.550. The second-order valence-corrected chi connectivity index (χ2v) is 6.22. The summed E-state index contributed by atoms with van der Waals surface area (Å²) in [7, 11) is 0. The van der Waals surface area contributed by atoms with E-state index >= 15 is 0 Å². The van der Waals surface area contributed by atoms with Crippen LogP contribution in [0.4, 0.5) is 13.2 Å². The van der Waals surface area contributed by atoms with Crippen molar-refractivity contribution in [2.75, 3.05) is 0 Å². The van der Waals surface area contributed by atoms with Gasteiger partial charge in [0, 0.05) is 5.56 Å². The number of hydrogen-bond acceptors (Lipinski definition) is 3. The summed E-state index contributed by atoms with van der Waals surface area (Å²) in [4.78, 5) is 12.2. The van der Waals surface area contributed by atoms with Crippen LogP contribution in [0.2, 0.25) is 0 Å². The van der Waals surface area contributed by atoms with E-state index < -0.39 is 12.0 Å². The Kier molecular flexibility index (Phi) is 3.78. The lowest BCUT2D eigenvalue weighted by Gasteiger charge is -2.31. The van der Waals surface area contributed by atoms with E-state index in [1.807, 2.05) is 0 Å². The highest BCUT2D eigenvalue weighted by atomic mass is 19.4. The van der Waals surface area contributed by atoms with Gasteiger partial charge in [0.05, 0.1) is 12.0 Å². The molecule has 126 valence electrons. The molecular weight excluding hydrogens is 321 g/mol. The maximum Gasteiger partial charge on any atom is 0.573 e. The van der Waals surface area contributed by atoms with Crippen molar-refractivity contribution in [2.24, 2.45) is 0 Å². The van der Waals surface area contributed by atoms with Crippen LogP contribution >= 0.6 is 0 Å². The third-order valence-corrected chi connectivity index (χ3v) is 3.68. The van der Waals surface area contributed by atoms with Crippen molar-refractivity contribution in [3.63, 3.8) is 0 Å². The molecule has 0 amide bonds. The number of ether oxygens (including phenoxy) is 2. The molecular formula is C18H15F3O3. The lowest BCUT2D eigenvalue weighted by atomic mass is 9.91. The Morgan fingerprint density at radius 2 is 1.79 bits per heavy atom. The van der Waals surface area contributed by atoms with Crippen molar-refractivity contribution >= 4 is 5.78 Å². The van der Waals surface area contributed by atoms with Gasteiger partial charge in [-0.05, 0) is 37.6 Å². The minimum Gasteiger partial charge on any atom is -0.487 e. The normalized spacial score (nSPS) is 16.3. The topological polar surface area (TPSA) is 35.5 Å². The van der Waals surface area contributed by atoms with Crippen LogP contribution in [0.25, 0.3) is 11.1 Å². The van der Waals surface area contributed by atoms with E-state index in [2.05, 4.69) is 4.74 Å². The van der Waals surface area contributed by atoms with Gasteiger partial charge in [0.25, 0.3) is 0 Å². The summed E-state index contributed by atoms with van der Waals surface area (Å²) < 4.78 is 47.6. The number of carbonyl (C=O) groups is 1. The third kappa shape index (κ3) is 3.37. The van der Waals surface area contributed by atoms with Crippen molar-refractivity contribution < 1.29 is 27.4 Å². The Bertz CT molecular complexity index is 794. The molecule has 1 aliphatic heterocycles. The molecule has 24 heavy (non-hydrogen) atoms. The summed E-state index contributed by atoms with van der Waals surface area (Å²) in [6.07, 6.45) is -4.52. The largest absolute Gasteiger partial charge is 0.573 e. The molecule has 1 heterocycles.